The highest BCUT2D eigenvalue weighted by atomic mass is 32.1. The molecular weight excluding hydrogens is 248 g/mol. The van der Waals surface area contributed by atoms with Crippen molar-refractivity contribution in [2.45, 2.75) is 46.5 Å². The lowest BCUT2D eigenvalue weighted by Crippen LogP contribution is -2.25. The third-order valence-electron chi connectivity index (χ3n) is 2.82. The average Bonchev–Trinajstić information content (AvgIpc) is 2.71. The van der Waals surface area contributed by atoms with Gasteiger partial charge in [-0.3, -0.25) is 0 Å². The first-order chi connectivity index (χ1) is 8.60. The SMILES string of the molecule is CCCCN(CCCC)c1nc(C(=O)O)c(C)s1. The Labute approximate surface area is 113 Å². The van der Waals surface area contributed by atoms with Crippen molar-refractivity contribution in [1.29, 1.82) is 0 Å². The molecule has 1 N–H and O–H groups in total. The topological polar surface area (TPSA) is 53.4 Å². The molecule has 0 aliphatic rings. The van der Waals surface area contributed by atoms with Crippen molar-refractivity contribution in [3.05, 3.63) is 10.6 Å². The number of carbonyl (C=O) groups is 1. The molecule has 1 aromatic heterocycles. The molecule has 1 heterocycles. The van der Waals surface area contributed by atoms with Gasteiger partial charge < -0.3 is 10.0 Å². The lowest BCUT2D eigenvalue weighted by molar-refractivity contribution is 0.0690. The Hall–Kier alpha value is -1.10. The number of hydrogen-bond donors (Lipinski definition) is 1. The molecule has 1 aromatic rings. The predicted molar refractivity (Wildman–Crippen MR) is 75.8 cm³/mol. The van der Waals surface area contributed by atoms with Gasteiger partial charge in [-0.25, -0.2) is 9.78 Å². The van der Waals surface area contributed by atoms with Crippen LogP contribution in [0.5, 0.6) is 0 Å². The Morgan fingerprint density at radius 3 is 2.22 bits per heavy atom. The van der Waals surface area contributed by atoms with Gasteiger partial charge in [-0.1, -0.05) is 26.7 Å². The van der Waals surface area contributed by atoms with E-state index in [0.29, 0.717) is 0 Å². The van der Waals surface area contributed by atoms with Crippen molar-refractivity contribution in [2.24, 2.45) is 0 Å². The van der Waals surface area contributed by atoms with Crippen molar-refractivity contribution < 1.29 is 9.90 Å². The smallest absolute Gasteiger partial charge is 0.355 e. The largest absolute Gasteiger partial charge is 0.476 e. The molecule has 0 radical (unpaired) electrons. The highest BCUT2D eigenvalue weighted by Gasteiger charge is 2.17. The fourth-order valence-electron chi connectivity index (χ4n) is 1.72. The number of nitrogens with zero attached hydrogens (tertiary/aromatic N) is 2. The number of anilines is 1. The number of rotatable bonds is 8. The van der Waals surface area contributed by atoms with Crippen LogP contribution in [-0.4, -0.2) is 29.1 Å². The fraction of sp³-hybridized carbons (Fsp3) is 0.692. The van der Waals surface area contributed by atoms with Gasteiger partial charge in [-0.2, -0.15) is 0 Å². The van der Waals surface area contributed by atoms with Gasteiger partial charge in [0, 0.05) is 18.0 Å². The van der Waals surface area contributed by atoms with E-state index in [4.69, 9.17) is 5.11 Å². The van der Waals surface area contributed by atoms with E-state index in [2.05, 4.69) is 23.7 Å². The minimum atomic E-state index is -0.930. The zero-order valence-electron chi connectivity index (χ0n) is 11.4. The quantitative estimate of drug-likeness (QED) is 0.784. The molecule has 0 aromatic carbocycles. The number of aromatic nitrogens is 1. The van der Waals surface area contributed by atoms with E-state index in [9.17, 15) is 4.79 Å². The molecule has 0 atom stereocenters. The van der Waals surface area contributed by atoms with Gasteiger partial charge in [0.25, 0.3) is 0 Å². The molecule has 0 amide bonds. The van der Waals surface area contributed by atoms with Crippen LogP contribution in [0.4, 0.5) is 5.13 Å². The first kappa shape index (κ1) is 15.0. The predicted octanol–water partition coefficient (Wildman–Crippen LogP) is 3.56. The van der Waals surface area contributed by atoms with E-state index in [1.807, 2.05) is 6.92 Å². The van der Waals surface area contributed by atoms with Crippen LogP contribution in [0.15, 0.2) is 0 Å². The first-order valence-corrected chi connectivity index (χ1v) is 7.37. The molecule has 0 aliphatic carbocycles. The second-order valence-corrected chi connectivity index (χ2v) is 5.58. The fourth-order valence-corrected chi connectivity index (χ4v) is 2.67. The molecule has 0 unspecified atom stereocenters. The van der Waals surface area contributed by atoms with Gasteiger partial charge in [0.2, 0.25) is 0 Å². The summed E-state index contributed by atoms with van der Waals surface area (Å²) in [6.07, 6.45) is 4.51. The Morgan fingerprint density at radius 2 is 1.83 bits per heavy atom. The van der Waals surface area contributed by atoms with Crippen LogP contribution in [0, 0.1) is 6.92 Å². The molecule has 0 fully saturated rings. The van der Waals surface area contributed by atoms with Gasteiger partial charge in [-0.05, 0) is 19.8 Å². The van der Waals surface area contributed by atoms with Crippen molar-refractivity contribution in [2.75, 3.05) is 18.0 Å². The summed E-state index contributed by atoms with van der Waals surface area (Å²) in [7, 11) is 0. The van der Waals surface area contributed by atoms with Crippen LogP contribution in [0.25, 0.3) is 0 Å². The monoisotopic (exact) mass is 270 g/mol. The Bertz CT molecular complexity index is 382. The van der Waals surface area contributed by atoms with Crippen molar-refractivity contribution >= 4 is 22.4 Å². The van der Waals surface area contributed by atoms with Gasteiger partial charge in [0.05, 0.1) is 0 Å². The summed E-state index contributed by atoms with van der Waals surface area (Å²) >= 11 is 1.49. The summed E-state index contributed by atoms with van der Waals surface area (Å²) in [4.78, 5) is 18.3. The number of thiazole rings is 1. The Balaban J connectivity index is 2.83. The van der Waals surface area contributed by atoms with E-state index in [1.165, 1.54) is 11.3 Å². The maximum atomic E-state index is 11.0. The minimum Gasteiger partial charge on any atom is -0.476 e. The molecule has 5 heteroatoms. The molecule has 1 rings (SSSR count). The van der Waals surface area contributed by atoms with E-state index in [0.717, 1.165) is 48.8 Å². The number of aryl methyl sites for hydroxylation is 1. The van der Waals surface area contributed by atoms with Gasteiger partial charge in [0.1, 0.15) is 0 Å². The third kappa shape index (κ3) is 3.98. The normalized spacial score (nSPS) is 10.6. The summed E-state index contributed by atoms with van der Waals surface area (Å²) in [6, 6.07) is 0. The maximum Gasteiger partial charge on any atom is 0.355 e. The maximum absolute atomic E-state index is 11.0. The van der Waals surface area contributed by atoms with Crippen LogP contribution in [-0.2, 0) is 0 Å². The number of hydrogen-bond acceptors (Lipinski definition) is 4. The Morgan fingerprint density at radius 1 is 1.28 bits per heavy atom. The summed E-state index contributed by atoms with van der Waals surface area (Å²) in [6.45, 7) is 8.06. The van der Waals surface area contributed by atoms with Gasteiger partial charge in [-0.15, -0.1) is 11.3 Å². The molecule has 0 spiro atoms. The zero-order chi connectivity index (χ0) is 13.5. The second-order valence-electron chi connectivity index (χ2n) is 4.40. The molecule has 0 saturated carbocycles. The number of carboxylic acids is 1. The standard InChI is InChI=1S/C13H22N2O2S/c1-4-6-8-15(9-7-5-2)13-14-11(12(16)17)10(3)18-13/h4-9H2,1-3H3,(H,16,17). The highest BCUT2D eigenvalue weighted by molar-refractivity contribution is 7.15. The van der Waals surface area contributed by atoms with Crippen molar-refractivity contribution in [1.82, 2.24) is 4.98 Å². The van der Waals surface area contributed by atoms with Crippen LogP contribution in [0.2, 0.25) is 0 Å². The molecule has 0 saturated heterocycles. The van der Waals surface area contributed by atoms with E-state index in [-0.39, 0.29) is 5.69 Å². The molecule has 0 aliphatic heterocycles. The summed E-state index contributed by atoms with van der Waals surface area (Å²) in [5.74, 6) is -0.930. The number of carboxylic acid groups (broad SMARTS) is 1. The lowest BCUT2D eigenvalue weighted by atomic mass is 10.3. The van der Waals surface area contributed by atoms with Crippen LogP contribution in [0.3, 0.4) is 0 Å². The highest BCUT2D eigenvalue weighted by Crippen LogP contribution is 2.26. The minimum absolute atomic E-state index is 0.202. The number of unbranched alkanes of at least 4 members (excludes halogenated alkanes) is 2. The molecule has 0 bridgehead atoms. The van der Waals surface area contributed by atoms with E-state index < -0.39 is 5.97 Å². The summed E-state index contributed by atoms with van der Waals surface area (Å²) in [5.41, 5.74) is 0.202. The van der Waals surface area contributed by atoms with Crippen LogP contribution in [0.1, 0.15) is 54.9 Å². The summed E-state index contributed by atoms with van der Waals surface area (Å²) < 4.78 is 0. The third-order valence-corrected chi connectivity index (χ3v) is 3.85. The molecule has 102 valence electrons. The Kier molecular flexibility index (Phi) is 6.12. The van der Waals surface area contributed by atoms with Crippen LogP contribution >= 0.6 is 11.3 Å². The lowest BCUT2D eigenvalue weighted by Gasteiger charge is -2.21. The van der Waals surface area contributed by atoms with Gasteiger partial charge >= 0.3 is 5.97 Å². The molecular formula is C13H22N2O2S. The molecule has 18 heavy (non-hydrogen) atoms. The zero-order valence-corrected chi connectivity index (χ0v) is 12.2. The van der Waals surface area contributed by atoms with Crippen molar-refractivity contribution in [3.8, 4) is 0 Å². The number of aromatic carboxylic acids is 1. The molecule has 4 nitrogen and oxygen atoms in total. The second kappa shape index (κ2) is 7.36. The van der Waals surface area contributed by atoms with Crippen LogP contribution < -0.4 is 4.90 Å². The van der Waals surface area contributed by atoms with E-state index in [1.54, 1.807) is 0 Å². The summed E-state index contributed by atoms with van der Waals surface area (Å²) in [5, 5.41) is 9.89. The van der Waals surface area contributed by atoms with Crippen molar-refractivity contribution in [3.63, 3.8) is 0 Å². The van der Waals surface area contributed by atoms with Gasteiger partial charge in [0.15, 0.2) is 10.8 Å². The van der Waals surface area contributed by atoms with E-state index >= 15 is 0 Å². The first-order valence-electron chi connectivity index (χ1n) is 6.55. The average molecular weight is 270 g/mol.